The Kier molecular flexibility index (Phi) is 17.2. The molecular weight excluding hydrogens is 996 g/mol. The van der Waals surface area contributed by atoms with Crippen LogP contribution in [0.25, 0.3) is 0 Å². The number of aliphatic hydroxyl groups excluding tert-OH is 10. The van der Waals surface area contributed by atoms with Gasteiger partial charge in [0, 0.05) is 21.3 Å². The smallest absolute Gasteiger partial charge is 0.394 e. The van der Waals surface area contributed by atoms with Gasteiger partial charge in [0.25, 0.3) is 0 Å². The van der Waals surface area contributed by atoms with Gasteiger partial charge in [0.15, 0.2) is 37.7 Å². The molecule has 0 radical (unpaired) electrons. The summed E-state index contributed by atoms with van der Waals surface area (Å²) in [5.74, 6) is 0. The molecule has 0 unspecified atom stereocenters. The van der Waals surface area contributed by atoms with Crippen LogP contribution < -0.4 is 0 Å². The molecular formula is C39H62O31S. The lowest BCUT2D eigenvalue weighted by Gasteiger charge is -2.49. The summed E-state index contributed by atoms with van der Waals surface area (Å²) in [6, 6.07) is 0. The molecule has 30 atom stereocenters. The van der Waals surface area contributed by atoms with Crippen molar-refractivity contribution < 1.29 is 149 Å². The van der Waals surface area contributed by atoms with Crippen LogP contribution in [0.5, 0.6) is 0 Å². The SMILES string of the molecule is CO[C@@H]1[C@H](O[C@@H]2[C@@H](O)[C@H](O[C@H]3[C@H]4OC[C@@H]3O[C@@H](O[C@@H]3[C@@H](O)[C@H](O)O[C@H](CO)[C@@H]3O)[C@H]4OC)O[C@H](CO)[C@@H]2OS(=O)(=O)O)O[C@H]2CO[C@@H]1[C@@H]2O[C@@H]1O[C@H](CO)[C@H](O)[C@H](O[C@@H]2O[C@H]3CO[C@H]([C@@H]3O)[C@@H]2OC)[C@H]1O. The standard InChI is InChI=1S/C39H62O31S/c1-53-31-27-18(45)13(7-56-27)62-37(31)68-26-17(44)11(5-41)60-35(20(26)47)65-22-15-9-58-30(22)33(55-3)39(64-15)69-28-21(48)36(61-12(6-42)24(28)70-71(50,51)52)66-23-14-8-57-29(23)32(54-2)38(63-14)67-25-16(43)10(4-40)59-34(49)19(25)46/h10-49H,4-9H2,1-3H3,(H,50,51,52)/t10-,11-,12-,13+,14+,15+,16+,17+,18-,19-,20-,21-,22-,23-,24+,25+,26+,27-,28-,29-,30-,31+,32+,33+,34-,35+,36+,37+,38+,39+/m1/s1. The van der Waals surface area contributed by atoms with E-state index >= 15 is 0 Å². The fourth-order valence-electron chi connectivity index (χ4n) is 10.5. The third kappa shape index (κ3) is 10.5. The number of rotatable bonds is 18. The maximum Gasteiger partial charge on any atom is 0.397 e. The molecule has 9 aliphatic rings. The summed E-state index contributed by atoms with van der Waals surface area (Å²) in [6.45, 7) is -2.82. The van der Waals surface area contributed by atoms with Crippen molar-refractivity contribution in [1.82, 2.24) is 0 Å². The summed E-state index contributed by atoms with van der Waals surface area (Å²) in [6.07, 6.45) is -42.7. The first-order chi connectivity index (χ1) is 33.9. The monoisotopic (exact) mass is 1060 g/mol. The highest BCUT2D eigenvalue weighted by molar-refractivity contribution is 7.80. The van der Waals surface area contributed by atoms with Gasteiger partial charge >= 0.3 is 10.4 Å². The van der Waals surface area contributed by atoms with E-state index in [4.69, 9.17) is 84.7 Å². The minimum Gasteiger partial charge on any atom is -0.394 e. The van der Waals surface area contributed by atoms with Crippen molar-refractivity contribution in [1.29, 1.82) is 0 Å². The highest BCUT2D eigenvalue weighted by Gasteiger charge is 2.62. The Bertz CT molecular complexity index is 1860. The Morgan fingerprint density at radius 1 is 0.408 bits per heavy atom. The van der Waals surface area contributed by atoms with Crippen LogP contribution >= 0.6 is 0 Å². The normalized spacial score (nSPS) is 53.0. The van der Waals surface area contributed by atoms with Crippen molar-refractivity contribution in [3.8, 4) is 0 Å². The topological polar surface area (TPSA) is 423 Å². The van der Waals surface area contributed by atoms with Crippen LogP contribution in [0.15, 0.2) is 0 Å². The van der Waals surface area contributed by atoms with Gasteiger partial charge in [-0.3, -0.25) is 4.55 Å². The number of hydrogen-bond donors (Lipinski definition) is 11. The van der Waals surface area contributed by atoms with Gasteiger partial charge in [0.1, 0.15) is 146 Å². The zero-order valence-corrected chi connectivity index (χ0v) is 38.9. The molecule has 9 rings (SSSR count). The second-order valence-electron chi connectivity index (χ2n) is 18.3. The Labute approximate surface area is 403 Å². The van der Waals surface area contributed by atoms with E-state index in [9.17, 15) is 64.0 Å². The van der Waals surface area contributed by atoms with E-state index in [1.165, 1.54) is 21.3 Å². The maximum atomic E-state index is 12.2. The molecule has 6 bridgehead atoms. The lowest BCUT2D eigenvalue weighted by Crippen LogP contribution is -2.67. The van der Waals surface area contributed by atoms with E-state index < -0.39 is 214 Å². The summed E-state index contributed by atoms with van der Waals surface area (Å²) >= 11 is 0. The Morgan fingerprint density at radius 2 is 0.803 bits per heavy atom. The Hall–Kier alpha value is -1.21. The molecule has 11 N–H and O–H groups in total. The predicted octanol–water partition coefficient (Wildman–Crippen LogP) is -9.17. The number of hydrogen-bond acceptors (Lipinski definition) is 30. The van der Waals surface area contributed by atoms with Gasteiger partial charge in [-0.05, 0) is 0 Å². The molecule has 410 valence electrons. The highest BCUT2D eigenvalue weighted by atomic mass is 32.3. The van der Waals surface area contributed by atoms with Gasteiger partial charge in [-0.2, -0.15) is 8.42 Å². The fraction of sp³-hybridized carbons (Fsp3) is 1.00. The van der Waals surface area contributed by atoms with Crippen LogP contribution in [0.1, 0.15) is 0 Å². The highest BCUT2D eigenvalue weighted by Crippen LogP contribution is 2.42. The third-order valence-electron chi connectivity index (χ3n) is 14.1. The number of aliphatic hydroxyl groups is 10. The van der Waals surface area contributed by atoms with E-state index in [1.807, 2.05) is 0 Å². The lowest BCUT2D eigenvalue weighted by molar-refractivity contribution is -0.381. The molecule has 0 aromatic heterocycles. The second kappa shape index (κ2) is 22.4. The van der Waals surface area contributed by atoms with Crippen LogP contribution in [0.3, 0.4) is 0 Å². The van der Waals surface area contributed by atoms with E-state index in [2.05, 4.69) is 0 Å². The molecule has 0 aliphatic carbocycles. The second-order valence-corrected chi connectivity index (χ2v) is 19.3. The summed E-state index contributed by atoms with van der Waals surface area (Å²) in [5.41, 5.74) is 0. The molecule has 32 heteroatoms. The molecule has 0 aromatic rings. The summed E-state index contributed by atoms with van der Waals surface area (Å²) in [7, 11) is -1.54. The van der Waals surface area contributed by atoms with Gasteiger partial charge in [-0.25, -0.2) is 4.18 Å². The van der Waals surface area contributed by atoms with Crippen molar-refractivity contribution >= 4 is 10.4 Å². The van der Waals surface area contributed by atoms with Crippen LogP contribution in [-0.4, -0.2) is 309 Å². The number of methoxy groups -OCH3 is 3. The van der Waals surface area contributed by atoms with E-state index in [0.717, 1.165) is 0 Å². The zero-order chi connectivity index (χ0) is 50.8. The lowest BCUT2D eigenvalue weighted by atomic mass is 9.96. The van der Waals surface area contributed by atoms with Gasteiger partial charge in [0.2, 0.25) is 0 Å². The van der Waals surface area contributed by atoms with Gasteiger partial charge in [-0.1, -0.05) is 0 Å². The molecule has 0 spiro atoms. The minimum atomic E-state index is -5.35. The molecule has 9 saturated heterocycles. The van der Waals surface area contributed by atoms with Crippen LogP contribution in [0, 0.1) is 0 Å². The molecule has 0 aromatic carbocycles. The zero-order valence-electron chi connectivity index (χ0n) is 38.1. The largest absolute Gasteiger partial charge is 0.397 e. The molecule has 0 amide bonds. The van der Waals surface area contributed by atoms with Gasteiger partial charge in [-0.15, -0.1) is 0 Å². The summed E-state index contributed by atoms with van der Waals surface area (Å²) in [4.78, 5) is 0. The number of ether oxygens (including phenoxy) is 17. The van der Waals surface area contributed by atoms with E-state index in [-0.39, 0.29) is 19.8 Å². The molecule has 9 heterocycles. The Balaban J connectivity index is 0.894. The van der Waals surface area contributed by atoms with Crippen molar-refractivity contribution in [2.75, 3.05) is 61.0 Å². The maximum absolute atomic E-state index is 12.2. The van der Waals surface area contributed by atoms with Crippen molar-refractivity contribution in [2.45, 2.75) is 184 Å². The van der Waals surface area contributed by atoms with E-state index in [0.29, 0.717) is 0 Å². The molecule has 31 nitrogen and oxygen atoms in total. The molecule has 9 fully saturated rings. The van der Waals surface area contributed by atoms with Crippen LogP contribution in [0.4, 0.5) is 0 Å². The molecule has 9 aliphatic heterocycles. The Morgan fingerprint density at radius 3 is 1.30 bits per heavy atom. The quantitative estimate of drug-likeness (QED) is 0.0568. The molecule has 0 saturated carbocycles. The predicted molar refractivity (Wildman–Crippen MR) is 214 cm³/mol. The molecule has 71 heavy (non-hydrogen) atoms. The van der Waals surface area contributed by atoms with Gasteiger partial charge < -0.3 is 132 Å². The average molecular weight is 1060 g/mol. The van der Waals surface area contributed by atoms with Crippen LogP contribution in [-0.2, 0) is 95.1 Å². The first-order valence-corrected chi connectivity index (χ1v) is 24.2. The van der Waals surface area contributed by atoms with Crippen LogP contribution in [0.2, 0.25) is 0 Å². The first-order valence-electron chi connectivity index (χ1n) is 22.8. The fourth-order valence-corrected chi connectivity index (χ4v) is 11.1. The first kappa shape index (κ1) is 54.6. The summed E-state index contributed by atoms with van der Waals surface area (Å²) < 4.78 is 139. The number of fused-ring (bicyclic) bond motifs is 6. The average Bonchev–Trinajstić information content (AvgIpc) is 3.88. The minimum absolute atomic E-state index is 0.0302. The van der Waals surface area contributed by atoms with Crippen molar-refractivity contribution in [3.05, 3.63) is 0 Å². The van der Waals surface area contributed by atoms with Crippen molar-refractivity contribution in [3.63, 3.8) is 0 Å². The van der Waals surface area contributed by atoms with Crippen molar-refractivity contribution in [2.24, 2.45) is 0 Å². The van der Waals surface area contributed by atoms with E-state index in [1.54, 1.807) is 0 Å². The summed E-state index contributed by atoms with van der Waals surface area (Å²) in [5, 5.41) is 107. The van der Waals surface area contributed by atoms with Gasteiger partial charge in [0.05, 0.1) is 39.6 Å². The third-order valence-corrected chi connectivity index (χ3v) is 14.6.